The highest BCUT2D eigenvalue weighted by molar-refractivity contribution is 6.34. The third kappa shape index (κ3) is 3.57. The van der Waals surface area contributed by atoms with Gasteiger partial charge in [-0.25, -0.2) is 0 Å². The van der Waals surface area contributed by atoms with Crippen LogP contribution in [0, 0.1) is 0 Å². The summed E-state index contributed by atoms with van der Waals surface area (Å²) >= 11 is 0. The lowest BCUT2D eigenvalue weighted by Crippen LogP contribution is -2.49. The molecule has 0 radical (unpaired) electrons. The van der Waals surface area contributed by atoms with Crippen molar-refractivity contribution in [1.29, 1.82) is 0 Å². The Labute approximate surface area is 118 Å². The minimum absolute atomic E-state index is 0.000967. The minimum atomic E-state index is -0.903. The molecule has 2 amide bonds. The molecule has 1 fully saturated rings. The van der Waals surface area contributed by atoms with Gasteiger partial charge in [-0.2, -0.15) is 0 Å². The molecule has 2 rings (SSSR count). The fourth-order valence-corrected chi connectivity index (χ4v) is 2.77. The number of carbonyl (C=O) groups is 2. The average molecular weight is 275 g/mol. The molecule has 5 nitrogen and oxygen atoms in total. The largest absolute Gasteiger partial charge is 0.361 e. The standard InChI is InChI=1S/C15H21N3O2/c16-12-7-4-8-13(9-12)18(15(20)14(17)19)10-11-5-2-1-3-6-11/h1-3,5-6,12-13H,4,7-10,16H2,(H2,17,19). The number of benzene rings is 1. The molecule has 0 aromatic heterocycles. The van der Waals surface area contributed by atoms with E-state index in [1.807, 2.05) is 30.3 Å². The van der Waals surface area contributed by atoms with Crippen LogP contribution in [0.2, 0.25) is 0 Å². The van der Waals surface area contributed by atoms with Crippen molar-refractivity contribution in [2.24, 2.45) is 11.5 Å². The van der Waals surface area contributed by atoms with Crippen molar-refractivity contribution in [3.63, 3.8) is 0 Å². The molecular weight excluding hydrogens is 254 g/mol. The summed E-state index contributed by atoms with van der Waals surface area (Å²) in [6.45, 7) is 0.403. The molecule has 2 atom stereocenters. The maximum atomic E-state index is 12.1. The van der Waals surface area contributed by atoms with E-state index in [9.17, 15) is 9.59 Å². The zero-order valence-electron chi connectivity index (χ0n) is 11.5. The monoisotopic (exact) mass is 275 g/mol. The van der Waals surface area contributed by atoms with Gasteiger partial charge in [0.25, 0.3) is 0 Å². The van der Waals surface area contributed by atoms with Crippen LogP contribution in [0.25, 0.3) is 0 Å². The van der Waals surface area contributed by atoms with E-state index >= 15 is 0 Å². The van der Waals surface area contributed by atoms with E-state index in [4.69, 9.17) is 11.5 Å². The predicted molar refractivity (Wildman–Crippen MR) is 76.4 cm³/mol. The Bertz CT molecular complexity index is 475. The molecule has 1 saturated carbocycles. The van der Waals surface area contributed by atoms with Gasteiger partial charge in [0.2, 0.25) is 0 Å². The number of primary amides is 1. The van der Waals surface area contributed by atoms with Gasteiger partial charge in [0.05, 0.1) is 0 Å². The molecule has 0 aliphatic heterocycles. The summed E-state index contributed by atoms with van der Waals surface area (Å²) < 4.78 is 0. The number of nitrogens with zero attached hydrogens (tertiary/aromatic N) is 1. The molecule has 4 N–H and O–H groups in total. The van der Waals surface area contributed by atoms with E-state index < -0.39 is 11.8 Å². The zero-order valence-corrected chi connectivity index (χ0v) is 11.5. The topological polar surface area (TPSA) is 89.4 Å². The molecule has 0 heterocycles. The number of carbonyl (C=O) groups excluding carboxylic acids is 2. The highest BCUT2D eigenvalue weighted by Crippen LogP contribution is 2.23. The van der Waals surface area contributed by atoms with Crippen molar-refractivity contribution in [2.75, 3.05) is 0 Å². The molecule has 1 aliphatic rings. The summed E-state index contributed by atoms with van der Waals surface area (Å²) in [4.78, 5) is 24.9. The van der Waals surface area contributed by atoms with Crippen molar-refractivity contribution < 1.29 is 9.59 Å². The summed E-state index contributed by atoms with van der Waals surface area (Å²) in [6, 6.07) is 9.70. The molecule has 1 aromatic carbocycles. The molecule has 2 unspecified atom stereocenters. The van der Waals surface area contributed by atoms with E-state index in [0.717, 1.165) is 31.2 Å². The maximum absolute atomic E-state index is 12.1. The van der Waals surface area contributed by atoms with Gasteiger partial charge in [0.1, 0.15) is 0 Å². The fourth-order valence-electron chi connectivity index (χ4n) is 2.77. The van der Waals surface area contributed by atoms with Crippen LogP contribution in [0.15, 0.2) is 30.3 Å². The highest BCUT2D eigenvalue weighted by atomic mass is 16.2. The molecule has 0 bridgehead atoms. The minimum Gasteiger partial charge on any atom is -0.361 e. The van der Waals surface area contributed by atoms with Gasteiger partial charge >= 0.3 is 11.8 Å². The lowest BCUT2D eigenvalue weighted by Gasteiger charge is -2.36. The number of amides is 2. The number of hydrogen-bond acceptors (Lipinski definition) is 3. The van der Waals surface area contributed by atoms with Crippen molar-refractivity contribution >= 4 is 11.8 Å². The first-order valence-corrected chi connectivity index (χ1v) is 6.98. The number of rotatable bonds is 3. The first kappa shape index (κ1) is 14.5. The third-order valence-corrected chi connectivity index (χ3v) is 3.80. The van der Waals surface area contributed by atoms with E-state index in [2.05, 4.69) is 0 Å². The van der Waals surface area contributed by atoms with Crippen LogP contribution in [0.4, 0.5) is 0 Å². The second kappa shape index (κ2) is 6.52. The molecule has 1 aromatic rings. The summed E-state index contributed by atoms with van der Waals surface area (Å²) in [6.07, 6.45) is 3.55. The van der Waals surface area contributed by atoms with E-state index in [1.165, 1.54) is 0 Å². The normalized spacial score (nSPS) is 22.2. The van der Waals surface area contributed by atoms with Crippen molar-refractivity contribution in [3.05, 3.63) is 35.9 Å². The molecule has 5 heteroatoms. The van der Waals surface area contributed by atoms with Crippen LogP contribution in [-0.2, 0) is 16.1 Å². The van der Waals surface area contributed by atoms with Gasteiger partial charge in [-0.05, 0) is 31.2 Å². The molecule has 1 aliphatic carbocycles. The smallest absolute Gasteiger partial charge is 0.312 e. The van der Waals surface area contributed by atoms with E-state index in [-0.39, 0.29) is 12.1 Å². The second-order valence-electron chi connectivity index (χ2n) is 5.36. The Morgan fingerprint density at radius 1 is 1.20 bits per heavy atom. The Hall–Kier alpha value is -1.88. The van der Waals surface area contributed by atoms with Gasteiger partial charge in [0.15, 0.2) is 0 Å². The Morgan fingerprint density at radius 2 is 1.90 bits per heavy atom. The Kier molecular flexibility index (Phi) is 4.74. The first-order chi connectivity index (χ1) is 9.58. The van der Waals surface area contributed by atoms with Gasteiger partial charge in [-0.15, -0.1) is 0 Å². The molecule has 20 heavy (non-hydrogen) atoms. The Balaban J connectivity index is 2.16. The number of hydrogen-bond donors (Lipinski definition) is 2. The molecular formula is C15H21N3O2. The van der Waals surface area contributed by atoms with E-state index in [1.54, 1.807) is 4.90 Å². The lowest BCUT2D eigenvalue weighted by atomic mass is 9.90. The highest BCUT2D eigenvalue weighted by Gasteiger charge is 2.30. The summed E-state index contributed by atoms with van der Waals surface area (Å²) in [5.74, 6) is -1.52. The number of nitrogens with two attached hydrogens (primary N) is 2. The third-order valence-electron chi connectivity index (χ3n) is 3.80. The molecule has 0 spiro atoms. The van der Waals surface area contributed by atoms with Crippen molar-refractivity contribution in [1.82, 2.24) is 4.90 Å². The quantitative estimate of drug-likeness (QED) is 0.798. The van der Waals surface area contributed by atoms with Crippen LogP contribution >= 0.6 is 0 Å². The lowest BCUT2D eigenvalue weighted by molar-refractivity contribution is -0.146. The molecule has 0 saturated heterocycles. The summed E-state index contributed by atoms with van der Waals surface area (Å²) in [5, 5.41) is 0. The van der Waals surface area contributed by atoms with Crippen LogP contribution in [0.1, 0.15) is 31.2 Å². The summed E-state index contributed by atoms with van der Waals surface area (Å²) in [5.41, 5.74) is 12.1. The first-order valence-electron chi connectivity index (χ1n) is 6.98. The van der Waals surface area contributed by atoms with Crippen molar-refractivity contribution in [2.45, 2.75) is 44.3 Å². The summed E-state index contributed by atoms with van der Waals surface area (Å²) in [7, 11) is 0. The molecule has 108 valence electrons. The fraction of sp³-hybridized carbons (Fsp3) is 0.467. The van der Waals surface area contributed by atoms with Crippen LogP contribution in [0.5, 0.6) is 0 Å². The average Bonchev–Trinajstić information content (AvgIpc) is 2.45. The van der Waals surface area contributed by atoms with Gasteiger partial charge in [-0.1, -0.05) is 30.3 Å². The van der Waals surface area contributed by atoms with Crippen LogP contribution in [-0.4, -0.2) is 28.8 Å². The van der Waals surface area contributed by atoms with Gasteiger partial charge in [0, 0.05) is 18.6 Å². The SMILES string of the molecule is NC(=O)C(=O)N(Cc1ccccc1)C1CCCC(N)C1. The maximum Gasteiger partial charge on any atom is 0.312 e. The van der Waals surface area contributed by atoms with E-state index in [0.29, 0.717) is 6.54 Å². The van der Waals surface area contributed by atoms with Crippen LogP contribution in [0.3, 0.4) is 0 Å². The second-order valence-corrected chi connectivity index (χ2v) is 5.36. The van der Waals surface area contributed by atoms with Crippen LogP contribution < -0.4 is 11.5 Å². The zero-order chi connectivity index (χ0) is 14.5. The predicted octanol–water partition coefficient (Wildman–Crippen LogP) is 0.770. The van der Waals surface area contributed by atoms with Gasteiger partial charge < -0.3 is 16.4 Å². The Morgan fingerprint density at radius 3 is 2.50 bits per heavy atom. The van der Waals surface area contributed by atoms with Gasteiger partial charge in [-0.3, -0.25) is 9.59 Å². The van der Waals surface area contributed by atoms with Crippen molar-refractivity contribution in [3.8, 4) is 0 Å².